The van der Waals surface area contributed by atoms with Gasteiger partial charge >= 0.3 is 0 Å². The Morgan fingerprint density at radius 1 is 1.29 bits per heavy atom. The first-order chi connectivity index (χ1) is 9.95. The largest absolute Gasteiger partial charge is 0.378 e. The van der Waals surface area contributed by atoms with Gasteiger partial charge in [-0.25, -0.2) is 0 Å². The van der Waals surface area contributed by atoms with Crippen molar-refractivity contribution in [2.45, 2.75) is 52.2 Å². The van der Waals surface area contributed by atoms with Crippen molar-refractivity contribution in [2.24, 2.45) is 0 Å². The molecule has 0 bridgehead atoms. The molecule has 1 aliphatic heterocycles. The summed E-state index contributed by atoms with van der Waals surface area (Å²) in [5.41, 5.74) is 2.78. The second-order valence-corrected chi connectivity index (χ2v) is 6.75. The summed E-state index contributed by atoms with van der Waals surface area (Å²) in [6.07, 6.45) is 0. The normalized spacial score (nSPS) is 22.0. The van der Waals surface area contributed by atoms with Gasteiger partial charge in [-0.05, 0) is 39.8 Å². The summed E-state index contributed by atoms with van der Waals surface area (Å²) >= 11 is 0. The van der Waals surface area contributed by atoms with Gasteiger partial charge in [-0.1, -0.05) is 36.8 Å². The molecule has 0 saturated carbocycles. The van der Waals surface area contributed by atoms with Gasteiger partial charge in [0.05, 0.1) is 13.2 Å². The summed E-state index contributed by atoms with van der Waals surface area (Å²) in [7, 11) is 0. The minimum absolute atomic E-state index is 0.0933. The lowest BCUT2D eigenvalue weighted by atomic mass is 9.93. The molecule has 1 fully saturated rings. The highest BCUT2D eigenvalue weighted by Gasteiger charge is 2.36. The average Bonchev–Trinajstić information content (AvgIpc) is 2.45. The van der Waals surface area contributed by atoms with E-state index in [1.165, 1.54) is 11.1 Å². The number of aryl methyl sites for hydroxylation is 1. The van der Waals surface area contributed by atoms with Crippen LogP contribution in [0.5, 0.6) is 0 Å². The summed E-state index contributed by atoms with van der Waals surface area (Å²) in [6, 6.07) is 9.71. The predicted molar refractivity (Wildman–Crippen MR) is 88.7 cm³/mol. The van der Waals surface area contributed by atoms with Gasteiger partial charge in [-0.3, -0.25) is 4.90 Å². The van der Waals surface area contributed by atoms with Gasteiger partial charge in [0.2, 0.25) is 0 Å². The molecule has 0 aliphatic carbocycles. The van der Waals surface area contributed by atoms with Gasteiger partial charge in [-0.15, -0.1) is 0 Å². The number of hydrogen-bond donors (Lipinski definition) is 1. The topological polar surface area (TPSA) is 24.5 Å². The minimum Gasteiger partial charge on any atom is -0.378 e. The Labute approximate surface area is 129 Å². The lowest BCUT2D eigenvalue weighted by Gasteiger charge is -2.48. The van der Waals surface area contributed by atoms with Crippen LogP contribution in [0.3, 0.4) is 0 Å². The first-order valence-corrected chi connectivity index (χ1v) is 8.10. The zero-order valence-corrected chi connectivity index (χ0v) is 14.1. The van der Waals surface area contributed by atoms with Crippen molar-refractivity contribution >= 4 is 0 Å². The zero-order valence-electron chi connectivity index (χ0n) is 14.1. The zero-order chi connectivity index (χ0) is 15.5. The summed E-state index contributed by atoms with van der Waals surface area (Å²) in [5.74, 6) is 0. The molecule has 0 spiro atoms. The minimum atomic E-state index is 0.0933. The Morgan fingerprint density at radius 3 is 2.52 bits per heavy atom. The van der Waals surface area contributed by atoms with Crippen LogP contribution < -0.4 is 5.32 Å². The van der Waals surface area contributed by atoms with Crippen LogP contribution in [0.2, 0.25) is 0 Å². The number of nitrogens with zero attached hydrogens (tertiary/aromatic N) is 1. The highest BCUT2D eigenvalue weighted by atomic mass is 16.5. The van der Waals surface area contributed by atoms with E-state index in [9.17, 15) is 0 Å². The van der Waals surface area contributed by atoms with E-state index >= 15 is 0 Å². The maximum Gasteiger partial charge on any atom is 0.0645 e. The van der Waals surface area contributed by atoms with Crippen molar-refractivity contribution in [3.63, 3.8) is 0 Å². The Kier molecular flexibility index (Phi) is 5.42. The van der Waals surface area contributed by atoms with Crippen molar-refractivity contribution in [3.05, 3.63) is 35.4 Å². The number of nitrogens with one attached hydrogen (secondary N) is 1. The van der Waals surface area contributed by atoms with Crippen LogP contribution in [0.25, 0.3) is 0 Å². The SMILES string of the molecule is CCNC(c1ccc(C)cc1)C(C)N1CCOCC1(C)C. The lowest BCUT2D eigenvalue weighted by Crippen LogP contribution is -2.59. The van der Waals surface area contributed by atoms with E-state index in [1.807, 2.05) is 0 Å². The fourth-order valence-corrected chi connectivity index (χ4v) is 3.37. The highest BCUT2D eigenvalue weighted by molar-refractivity contribution is 5.25. The third-order valence-electron chi connectivity index (χ3n) is 4.54. The van der Waals surface area contributed by atoms with E-state index in [0.29, 0.717) is 12.1 Å². The molecule has 0 amide bonds. The summed E-state index contributed by atoms with van der Waals surface area (Å²) < 4.78 is 5.66. The smallest absolute Gasteiger partial charge is 0.0645 e. The molecule has 2 unspecified atom stereocenters. The van der Waals surface area contributed by atoms with Crippen LogP contribution in [0, 0.1) is 6.92 Å². The van der Waals surface area contributed by atoms with Crippen molar-refractivity contribution in [1.82, 2.24) is 10.2 Å². The molecule has 1 N–H and O–H groups in total. The van der Waals surface area contributed by atoms with E-state index in [4.69, 9.17) is 4.74 Å². The molecule has 0 aromatic heterocycles. The third kappa shape index (κ3) is 3.85. The second kappa shape index (κ2) is 6.91. The van der Waals surface area contributed by atoms with Crippen LogP contribution in [0.15, 0.2) is 24.3 Å². The molecule has 0 radical (unpaired) electrons. The summed E-state index contributed by atoms with van der Waals surface area (Å²) in [4.78, 5) is 2.59. The molecule has 3 nitrogen and oxygen atoms in total. The Balaban J connectivity index is 2.22. The lowest BCUT2D eigenvalue weighted by molar-refractivity contribution is -0.0751. The van der Waals surface area contributed by atoms with Gasteiger partial charge in [0.15, 0.2) is 0 Å². The van der Waals surface area contributed by atoms with E-state index in [-0.39, 0.29) is 5.54 Å². The molecule has 1 aromatic carbocycles. The predicted octanol–water partition coefficient (Wildman–Crippen LogP) is 3.14. The quantitative estimate of drug-likeness (QED) is 0.901. The molecule has 21 heavy (non-hydrogen) atoms. The third-order valence-corrected chi connectivity index (χ3v) is 4.54. The fraction of sp³-hybridized carbons (Fsp3) is 0.667. The van der Waals surface area contributed by atoms with Crippen LogP contribution in [0.1, 0.15) is 44.9 Å². The number of likely N-dealkylation sites (N-methyl/N-ethyl adjacent to an activating group) is 1. The van der Waals surface area contributed by atoms with E-state index in [2.05, 4.69) is 69.1 Å². The Bertz CT molecular complexity index is 441. The molecule has 1 heterocycles. The highest BCUT2D eigenvalue weighted by Crippen LogP contribution is 2.29. The Morgan fingerprint density at radius 2 is 1.95 bits per heavy atom. The van der Waals surface area contributed by atoms with Crippen molar-refractivity contribution in [3.8, 4) is 0 Å². The van der Waals surface area contributed by atoms with Gasteiger partial charge in [0, 0.05) is 24.2 Å². The molecule has 1 saturated heterocycles. The number of morpholine rings is 1. The maximum atomic E-state index is 5.66. The van der Waals surface area contributed by atoms with Crippen LogP contribution in [0.4, 0.5) is 0 Å². The molecule has 1 aliphatic rings. The number of hydrogen-bond acceptors (Lipinski definition) is 3. The summed E-state index contributed by atoms with van der Waals surface area (Å²) in [5, 5.41) is 3.67. The number of rotatable bonds is 5. The molecular formula is C18H30N2O. The van der Waals surface area contributed by atoms with Gasteiger partial charge in [-0.2, -0.15) is 0 Å². The fourth-order valence-electron chi connectivity index (χ4n) is 3.37. The molecule has 2 atom stereocenters. The monoisotopic (exact) mass is 290 g/mol. The molecular weight excluding hydrogens is 260 g/mol. The molecule has 2 rings (SSSR count). The van der Waals surface area contributed by atoms with Crippen LogP contribution >= 0.6 is 0 Å². The standard InChI is InChI=1S/C18H30N2O/c1-6-19-17(16-9-7-14(2)8-10-16)15(3)20-11-12-21-13-18(20,4)5/h7-10,15,17,19H,6,11-13H2,1-5H3. The maximum absolute atomic E-state index is 5.66. The van der Waals surface area contributed by atoms with Crippen molar-refractivity contribution in [2.75, 3.05) is 26.3 Å². The van der Waals surface area contributed by atoms with E-state index in [0.717, 1.165) is 26.3 Å². The molecule has 3 heteroatoms. The average molecular weight is 290 g/mol. The first-order valence-electron chi connectivity index (χ1n) is 8.10. The van der Waals surface area contributed by atoms with Gasteiger partial charge in [0.25, 0.3) is 0 Å². The Hall–Kier alpha value is -0.900. The summed E-state index contributed by atoms with van der Waals surface area (Å²) in [6.45, 7) is 14.8. The van der Waals surface area contributed by atoms with Crippen LogP contribution in [-0.2, 0) is 4.74 Å². The second-order valence-electron chi connectivity index (χ2n) is 6.75. The molecule has 118 valence electrons. The first kappa shape index (κ1) is 16.5. The van der Waals surface area contributed by atoms with Crippen molar-refractivity contribution < 1.29 is 4.74 Å². The number of benzene rings is 1. The van der Waals surface area contributed by atoms with E-state index in [1.54, 1.807) is 0 Å². The molecule has 1 aromatic rings. The number of ether oxygens (including phenoxy) is 1. The van der Waals surface area contributed by atoms with Crippen LogP contribution in [-0.4, -0.2) is 42.8 Å². The van der Waals surface area contributed by atoms with Crippen molar-refractivity contribution in [1.29, 1.82) is 0 Å². The van der Waals surface area contributed by atoms with E-state index < -0.39 is 0 Å². The van der Waals surface area contributed by atoms with Gasteiger partial charge in [0.1, 0.15) is 0 Å². The van der Waals surface area contributed by atoms with Gasteiger partial charge < -0.3 is 10.1 Å².